The summed E-state index contributed by atoms with van der Waals surface area (Å²) in [5.74, 6) is -1.53. The molecule has 1 aromatic carbocycles. The normalized spacial score (nSPS) is 19.9. The number of aliphatic hydroxyl groups excluding tert-OH is 1. The molecule has 0 spiro atoms. The maximum absolute atomic E-state index is 13.1. The van der Waals surface area contributed by atoms with Crippen LogP contribution in [0.3, 0.4) is 0 Å². The molecule has 7 nitrogen and oxygen atoms in total. The van der Waals surface area contributed by atoms with Gasteiger partial charge in [0.05, 0.1) is 23.2 Å². The number of Topliss-reactive ketones (excluding diaryl/α,β-unsaturated/α-hetero) is 1. The molecular weight excluding hydrogens is 376 g/mol. The maximum Gasteiger partial charge on any atom is 0.336 e. The van der Waals surface area contributed by atoms with Gasteiger partial charge in [-0.1, -0.05) is 20.8 Å². The summed E-state index contributed by atoms with van der Waals surface area (Å²) in [6.45, 7) is 9.07. The van der Waals surface area contributed by atoms with Crippen molar-refractivity contribution < 1.29 is 29.3 Å². The lowest BCUT2D eigenvalue weighted by Crippen LogP contribution is -2.15. The van der Waals surface area contributed by atoms with E-state index in [0.29, 0.717) is 12.8 Å². The molecule has 1 saturated heterocycles. The lowest BCUT2D eigenvalue weighted by Gasteiger charge is -2.19. The Morgan fingerprint density at radius 3 is 2.34 bits per heavy atom. The van der Waals surface area contributed by atoms with Gasteiger partial charge in [-0.2, -0.15) is 0 Å². The molecule has 1 aliphatic heterocycles. The number of fused-ring (bicyclic) bond motifs is 1. The molecule has 3 atom stereocenters. The zero-order valence-electron chi connectivity index (χ0n) is 17.4. The second kappa shape index (κ2) is 7.46. The summed E-state index contributed by atoms with van der Waals surface area (Å²) in [4.78, 5) is 25.2. The Kier molecular flexibility index (Phi) is 5.49. The lowest BCUT2D eigenvalue weighted by atomic mass is 9.88. The Hall–Kier alpha value is -2.38. The number of phenols is 2. The van der Waals surface area contributed by atoms with E-state index in [0.717, 1.165) is 6.07 Å². The van der Waals surface area contributed by atoms with Crippen LogP contribution in [0.2, 0.25) is 0 Å². The first-order chi connectivity index (χ1) is 13.5. The molecular formula is C22H28O7. The number of aromatic hydroxyl groups is 2. The molecule has 2 aromatic rings. The fraction of sp³-hybridized carbons (Fsp3) is 0.545. The number of carbonyl (C=O) groups excluding carboxylic acids is 1. The number of benzene rings is 1. The predicted octanol–water partition coefficient (Wildman–Crippen LogP) is 3.60. The number of ketones is 1. The standard InChI is InChI=1S/C22H28O7/c1-6-10(3)18(25)17-20(27)12(8-14-22(4,5)29-14)19(26)16-11(13(23)7-2)9-15(24)28-21(16)17/h9-10,13-14,23,26-27H,6-8H2,1-5H3. The van der Waals surface area contributed by atoms with Gasteiger partial charge in [-0.3, -0.25) is 4.79 Å². The summed E-state index contributed by atoms with van der Waals surface area (Å²) in [6.07, 6.45) is -0.274. The van der Waals surface area contributed by atoms with E-state index in [1.165, 1.54) is 0 Å². The molecule has 1 fully saturated rings. The first-order valence-electron chi connectivity index (χ1n) is 9.97. The summed E-state index contributed by atoms with van der Waals surface area (Å²) >= 11 is 0. The second-order valence-corrected chi connectivity index (χ2v) is 8.29. The molecule has 3 rings (SSSR count). The zero-order valence-corrected chi connectivity index (χ0v) is 17.4. The highest BCUT2D eigenvalue weighted by Gasteiger charge is 2.48. The fourth-order valence-corrected chi connectivity index (χ4v) is 3.60. The summed E-state index contributed by atoms with van der Waals surface area (Å²) < 4.78 is 10.9. The predicted molar refractivity (Wildman–Crippen MR) is 108 cm³/mol. The molecule has 7 heteroatoms. The fourth-order valence-electron chi connectivity index (χ4n) is 3.60. The molecule has 0 aliphatic carbocycles. The number of aliphatic hydroxyl groups is 1. The van der Waals surface area contributed by atoms with Gasteiger partial charge in [-0.15, -0.1) is 0 Å². The monoisotopic (exact) mass is 404 g/mol. The topological polar surface area (TPSA) is 121 Å². The minimum Gasteiger partial charge on any atom is -0.507 e. The number of hydrogen-bond donors (Lipinski definition) is 3. The van der Waals surface area contributed by atoms with Gasteiger partial charge in [0, 0.05) is 29.5 Å². The van der Waals surface area contributed by atoms with Crippen molar-refractivity contribution in [1.82, 2.24) is 0 Å². The van der Waals surface area contributed by atoms with E-state index in [4.69, 9.17) is 9.15 Å². The quantitative estimate of drug-likeness (QED) is 0.366. The van der Waals surface area contributed by atoms with Gasteiger partial charge in [-0.05, 0) is 26.7 Å². The van der Waals surface area contributed by atoms with Crippen molar-refractivity contribution in [3.05, 3.63) is 33.2 Å². The van der Waals surface area contributed by atoms with Gasteiger partial charge in [0.2, 0.25) is 0 Å². The highest BCUT2D eigenvalue weighted by Crippen LogP contribution is 2.47. The van der Waals surface area contributed by atoms with Crippen molar-refractivity contribution in [3.8, 4) is 11.5 Å². The third kappa shape index (κ3) is 3.65. The summed E-state index contributed by atoms with van der Waals surface area (Å²) in [5, 5.41) is 32.5. The Labute approximate surface area is 168 Å². The largest absolute Gasteiger partial charge is 0.507 e. The maximum atomic E-state index is 13.1. The zero-order chi connectivity index (χ0) is 21.7. The van der Waals surface area contributed by atoms with Gasteiger partial charge in [0.25, 0.3) is 0 Å². The Morgan fingerprint density at radius 1 is 1.21 bits per heavy atom. The van der Waals surface area contributed by atoms with Crippen LogP contribution in [0.15, 0.2) is 15.3 Å². The van der Waals surface area contributed by atoms with Crippen molar-refractivity contribution in [2.45, 2.75) is 71.7 Å². The molecule has 0 radical (unpaired) electrons. The van der Waals surface area contributed by atoms with Crippen LogP contribution >= 0.6 is 0 Å². The van der Waals surface area contributed by atoms with E-state index in [1.54, 1.807) is 13.8 Å². The minimum absolute atomic E-state index is 0.0804. The number of ether oxygens (including phenoxy) is 1. The average molecular weight is 404 g/mol. The number of carbonyl (C=O) groups is 1. The summed E-state index contributed by atoms with van der Waals surface area (Å²) in [6, 6.07) is 1.12. The smallest absolute Gasteiger partial charge is 0.336 e. The Balaban J connectivity index is 2.38. The SMILES string of the molecule is CCC(C)C(=O)c1c(O)c(CC2OC2(C)C)c(O)c2c(C(O)CC)cc(=O)oc12. The van der Waals surface area contributed by atoms with Gasteiger partial charge in [-0.25, -0.2) is 4.79 Å². The van der Waals surface area contributed by atoms with E-state index in [9.17, 15) is 24.9 Å². The minimum atomic E-state index is -1.04. The van der Waals surface area contributed by atoms with Crippen molar-refractivity contribution in [1.29, 1.82) is 0 Å². The number of epoxide rings is 1. The first kappa shape index (κ1) is 21.3. The molecule has 1 aliphatic rings. The van der Waals surface area contributed by atoms with Crippen LogP contribution in [0.1, 0.15) is 75.0 Å². The Bertz CT molecular complexity index is 1020. The number of rotatable bonds is 7. The van der Waals surface area contributed by atoms with E-state index in [-0.39, 0.29) is 45.9 Å². The second-order valence-electron chi connectivity index (χ2n) is 8.29. The molecule has 2 heterocycles. The molecule has 1 aromatic heterocycles. The molecule has 158 valence electrons. The summed E-state index contributed by atoms with van der Waals surface area (Å²) in [7, 11) is 0. The Morgan fingerprint density at radius 2 is 1.83 bits per heavy atom. The molecule has 3 unspecified atom stereocenters. The van der Waals surface area contributed by atoms with Crippen LogP contribution < -0.4 is 5.63 Å². The van der Waals surface area contributed by atoms with Crippen molar-refractivity contribution >= 4 is 16.8 Å². The van der Waals surface area contributed by atoms with Crippen LogP contribution in [-0.2, 0) is 11.2 Å². The third-order valence-corrected chi connectivity index (χ3v) is 5.87. The van der Waals surface area contributed by atoms with E-state index in [1.807, 2.05) is 20.8 Å². The van der Waals surface area contributed by atoms with Crippen molar-refractivity contribution in [2.24, 2.45) is 5.92 Å². The van der Waals surface area contributed by atoms with E-state index < -0.39 is 34.8 Å². The van der Waals surface area contributed by atoms with Crippen molar-refractivity contribution in [2.75, 3.05) is 0 Å². The molecule has 0 amide bonds. The molecule has 3 N–H and O–H groups in total. The van der Waals surface area contributed by atoms with Gasteiger partial charge < -0.3 is 24.5 Å². The van der Waals surface area contributed by atoms with Crippen molar-refractivity contribution in [3.63, 3.8) is 0 Å². The van der Waals surface area contributed by atoms with Crippen LogP contribution in [-0.4, -0.2) is 32.8 Å². The number of phenolic OH excluding ortho intramolecular Hbond substituents is 2. The highest BCUT2D eigenvalue weighted by molar-refractivity contribution is 6.12. The van der Waals surface area contributed by atoms with Crippen LogP contribution in [0.4, 0.5) is 0 Å². The molecule has 0 saturated carbocycles. The van der Waals surface area contributed by atoms with Crippen LogP contribution in [0.25, 0.3) is 11.0 Å². The van der Waals surface area contributed by atoms with Gasteiger partial charge >= 0.3 is 5.63 Å². The molecule has 29 heavy (non-hydrogen) atoms. The van der Waals surface area contributed by atoms with Crippen LogP contribution in [0.5, 0.6) is 11.5 Å². The van der Waals surface area contributed by atoms with E-state index >= 15 is 0 Å². The average Bonchev–Trinajstić information content (AvgIpc) is 3.28. The third-order valence-electron chi connectivity index (χ3n) is 5.87. The van der Waals surface area contributed by atoms with Gasteiger partial charge in [0.1, 0.15) is 17.1 Å². The van der Waals surface area contributed by atoms with Gasteiger partial charge in [0.15, 0.2) is 11.4 Å². The van der Waals surface area contributed by atoms with E-state index in [2.05, 4.69) is 0 Å². The summed E-state index contributed by atoms with van der Waals surface area (Å²) in [5.41, 5.74) is -1.17. The highest BCUT2D eigenvalue weighted by atomic mass is 16.6. The van der Waals surface area contributed by atoms with Crippen LogP contribution in [0, 0.1) is 5.92 Å². The lowest BCUT2D eigenvalue weighted by molar-refractivity contribution is 0.0924. The number of hydrogen-bond acceptors (Lipinski definition) is 7. The first-order valence-corrected chi connectivity index (χ1v) is 9.97. The molecule has 0 bridgehead atoms.